The number of unbranched alkanes of at least 4 members (excludes halogenated alkanes) is 2. The number of hydrogen-bond acceptors (Lipinski definition) is 19. The van der Waals surface area contributed by atoms with Gasteiger partial charge in [-0.2, -0.15) is 13.4 Å². The Balaban J connectivity index is 1.70. The second-order valence-corrected chi connectivity index (χ2v) is 13.2. The van der Waals surface area contributed by atoms with Gasteiger partial charge in [-0.3, -0.25) is 30.6 Å². The minimum absolute atomic E-state index is 0.0381. The highest BCUT2D eigenvalue weighted by Crippen LogP contribution is 2.44. The Morgan fingerprint density at radius 1 is 0.889 bits per heavy atom. The van der Waals surface area contributed by atoms with Gasteiger partial charge < -0.3 is 18.9 Å². The standard InChI is InChI=1S/C33H41N7O13S/c1-22-14-15-28(35-20-22)54(46,47)38(23(2)51-29(41)13-7-5-6-10-25(53-40(44)45)21-50-39(42)43)32-30(52-27-12-9-8-11-26(27)48-3)33(49-4)37-31(36-32)24-16-18-34-19-17-24/h8-9,11-12,14-20,23,25,42-45H,5-7,10,13,21H2,1-4H3. The minimum Gasteiger partial charge on any atom is -0.493 e. The van der Waals surface area contributed by atoms with Crippen molar-refractivity contribution in [1.82, 2.24) is 30.7 Å². The van der Waals surface area contributed by atoms with E-state index in [9.17, 15) is 13.2 Å². The topological polar surface area (TPSA) is 249 Å². The minimum atomic E-state index is -4.66. The fourth-order valence-electron chi connectivity index (χ4n) is 4.99. The molecule has 1 aromatic carbocycles. The Morgan fingerprint density at radius 3 is 2.24 bits per heavy atom. The number of para-hydroxylation sites is 2. The summed E-state index contributed by atoms with van der Waals surface area (Å²) in [5.41, 5.74) is 1.15. The number of aryl methyl sites for hydroxylation is 1. The Kier molecular flexibility index (Phi) is 15.3. The molecule has 54 heavy (non-hydrogen) atoms. The van der Waals surface area contributed by atoms with E-state index in [-0.39, 0.29) is 53.3 Å². The number of rotatable bonds is 21. The van der Waals surface area contributed by atoms with E-state index in [1.165, 1.54) is 45.8 Å². The number of sulfonamides is 1. The van der Waals surface area contributed by atoms with Crippen LogP contribution in [0.15, 0.2) is 72.1 Å². The first-order chi connectivity index (χ1) is 25.8. The lowest BCUT2D eigenvalue weighted by atomic mass is 10.1. The third-order valence-corrected chi connectivity index (χ3v) is 9.26. The maximum atomic E-state index is 14.6. The first-order valence-electron chi connectivity index (χ1n) is 16.3. The number of hydrogen-bond donors (Lipinski definition) is 4. The van der Waals surface area contributed by atoms with Gasteiger partial charge in [-0.15, -0.1) is 0 Å². The number of carbonyl (C=O) groups is 1. The van der Waals surface area contributed by atoms with Crippen molar-refractivity contribution >= 4 is 21.8 Å². The lowest BCUT2D eigenvalue weighted by molar-refractivity contribution is -0.527. The van der Waals surface area contributed by atoms with Crippen LogP contribution in [-0.2, 0) is 29.2 Å². The van der Waals surface area contributed by atoms with E-state index in [0.717, 1.165) is 4.31 Å². The summed E-state index contributed by atoms with van der Waals surface area (Å²) in [6.07, 6.45) is 2.94. The Bertz CT molecular complexity index is 1910. The van der Waals surface area contributed by atoms with Crippen LogP contribution in [0.2, 0.25) is 0 Å². The Hall–Kier alpha value is -5.10. The van der Waals surface area contributed by atoms with Gasteiger partial charge in [0.05, 0.1) is 25.0 Å². The van der Waals surface area contributed by atoms with Gasteiger partial charge in [-0.1, -0.05) is 31.0 Å². The van der Waals surface area contributed by atoms with Gasteiger partial charge in [-0.05, 0) is 62.6 Å². The molecule has 0 fully saturated rings. The molecular formula is C33H41N7O13S. The molecule has 20 nitrogen and oxygen atoms in total. The van der Waals surface area contributed by atoms with Crippen LogP contribution in [-0.4, -0.2) is 99.1 Å². The molecule has 292 valence electrons. The van der Waals surface area contributed by atoms with Crippen molar-refractivity contribution in [2.45, 2.75) is 63.3 Å². The molecule has 2 atom stereocenters. The summed E-state index contributed by atoms with van der Waals surface area (Å²) < 4.78 is 53.0. The molecule has 0 bridgehead atoms. The van der Waals surface area contributed by atoms with Gasteiger partial charge in [-0.25, -0.2) is 23.9 Å². The molecule has 0 radical (unpaired) electrons. The van der Waals surface area contributed by atoms with Crippen molar-refractivity contribution in [3.8, 4) is 34.5 Å². The van der Waals surface area contributed by atoms with Gasteiger partial charge in [0.15, 0.2) is 34.4 Å². The number of pyridine rings is 2. The summed E-state index contributed by atoms with van der Waals surface area (Å²) >= 11 is 0. The van der Waals surface area contributed by atoms with E-state index < -0.39 is 45.7 Å². The highest BCUT2D eigenvalue weighted by atomic mass is 32.2. The molecule has 0 aliphatic carbocycles. The van der Waals surface area contributed by atoms with Crippen LogP contribution in [0.5, 0.6) is 23.1 Å². The zero-order chi connectivity index (χ0) is 39.3. The summed E-state index contributed by atoms with van der Waals surface area (Å²) in [5.74, 6) is -0.988. The fourth-order valence-corrected chi connectivity index (χ4v) is 6.41. The van der Waals surface area contributed by atoms with Crippen LogP contribution in [0.4, 0.5) is 5.82 Å². The number of ether oxygens (including phenoxy) is 4. The number of carbonyl (C=O) groups excluding carboxylic acids is 1. The molecular weight excluding hydrogens is 734 g/mol. The van der Waals surface area contributed by atoms with Gasteiger partial charge >= 0.3 is 5.97 Å². The summed E-state index contributed by atoms with van der Waals surface area (Å²) in [6, 6.07) is 12.7. The predicted octanol–water partition coefficient (Wildman–Crippen LogP) is 4.48. The lowest BCUT2D eigenvalue weighted by Crippen LogP contribution is -2.42. The first-order valence-corrected chi connectivity index (χ1v) is 17.8. The largest absolute Gasteiger partial charge is 0.493 e. The molecule has 3 aromatic heterocycles. The van der Waals surface area contributed by atoms with E-state index in [1.54, 1.807) is 49.4 Å². The molecule has 4 aromatic rings. The highest BCUT2D eigenvalue weighted by molar-refractivity contribution is 7.92. The molecule has 0 saturated carbocycles. The van der Waals surface area contributed by atoms with E-state index in [0.29, 0.717) is 29.7 Å². The van der Waals surface area contributed by atoms with E-state index in [2.05, 4.69) is 24.8 Å². The maximum Gasteiger partial charge on any atom is 0.307 e. The number of methoxy groups -OCH3 is 2. The van der Waals surface area contributed by atoms with Crippen molar-refractivity contribution in [2.75, 3.05) is 25.1 Å². The van der Waals surface area contributed by atoms with Crippen molar-refractivity contribution in [3.05, 3.63) is 72.7 Å². The first kappa shape index (κ1) is 41.7. The summed E-state index contributed by atoms with van der Waals surface area (Å²) in [7, 11) is -1.91. The molecule has 2 unspecified atom stereocenters. The monoisotopic (exact) mass is 775 g/mol. The van der Waals surface area contributed by atoms with Crippen LogP contribution in [0.3, 0.4) is 0 Å². The van der Waals surface area contributed by atoms with Gasteiger partial charge in [0.1, 0.15) is 12.7 Å². The third kappa shape index (κ3) is 11.4. The van der Waals surface area contributed by atoms with Crippen molar-refractivity contribution in [3.63, 3.8) is 0 Å². The smallest absolute Gasteiger partial charge is 0.307 e. The molecule has 4 N–H and O–H groups in total. The number of anilines is 1. The molecule has 0 amide bonds. The zero-order valence-corrected chi connectivity index (χ0v) is 30.6. The second kappa shape index (κ2) is 19.8. The molecule has 3 heterocycles. The second-order valence-electron chi connectivity index (χ2n) is 11.4. The highest BCUT2D eigenvalue weighted by Gasteiger charge is 2.38. The third-order valence-electron chi connectivity index (χ3n) is 7.50. The molecule has 21 heteroatoms. The van der Waals surface area contributed by atoms with Gasteiger partial charge in [0, 0.05) is 30.6 Å². The average Bonchev–Trinajstić information content (AvgIpc) is 3.14. The van der Waals surface area contributed by atoms with Gasteiger partial charge in [0.25, 0.3) is 15.9 Å². The van der Waals surface area contributed by atoms with Gasteiger partial charge in [0.2, 0.25) is 5.75 Å². The Labute approximate surface area is 310 Å². The van der Waals surface area contributed by atoms with Crippen LogP contribution in [0, 0.1) is 6.92 Å². The molecule has 0 spiro atoms. The van der Waals surface area contributed by atoms with Crippen molar-refractivity contribution in [1.29, 1.82) is 0 Å². The van der Waals surface area contributed by atoms with Crippen LogP contribution in [0.1, 0.15) is 44.6 Å². The zero-order valence-electron chi connectivity index (χ0n) is 29.8. The number of nitrogens with zero attached hydrogens (tertiary/aromatic N) is 7. The Morgan fingerprint density at radius 2 is 1.61 bits per heavy atom. The molecule has 4 rings (SSSR count). The number of aromatic nitrogens is 4. The molecule has 0 saturated heterocycles. The normalized spacial score (nSPS) is 12.7. The average molecular weight is 776 g/mol. The fraction of sp³-hybridized carbons (Fsp3) is 0.364. The van der Waals surface area contributed by atoms with E-state index in [1.807, 2.05) is 0 Å². The summed E-state index contributed by atoms with van der Waals surface area (Å²) in [5, 5.41) is 34.0. The summed E-state index contributed by atoms with van der Waals surface area (Å²) in [6.45, 7) is 2.65. The van der Waals surface area contributed by atoms with Crippen LogP contribution >= 0.6 is 0 Å². The summed E-state index contributed by atoms with van der Waals surface area (Å²) in [4.78, 5) is 39.7. The molecule has 0 aliphatic heterocycles. The number of esters is 1. The lowest BCUT2D eigenvalue weighted by Gasteiger charge is -2.30. The quantitative estimate of drug-likeness (QED) is 0.0394. The van der Waals surface area contributed by atoms with Crippen molar-refractivity contribution < 1.29 is 62.7 Å². The molecule has 0 aliphatic rings. The maximum absolute atomic E-state index is 14.6. The van der Waals surface area contributed by atoms with E-state index >= 15 is 0 Å². The SMILES string of the molecule is COc1ccccc1Oc1c(OC)nc(-c2ccncc2)nc1N(C(C)OC(=O)CCCCCC(CON(O)O)ON(O)O)S(=O)(=O)c1ccc(C)cn1. The van der Waals surface area contributed by atoms with E-state index in [4.69, 9.17) is 44.6 Å². The predicted molar refractivity (Wildman–Crippen MR) is 184 cm³/mol. The van der Waals surface area contributed by atoms with Crippen LogP contribution < -0.4 is 18.5 Å². The van der Waals surface area contributed by atoms with Crippen LogP contribution in [0.25, 0.3) is 11.4 Å². The number of benzene rings is 1. The van der Waals surface area contributed by atoms with Crippen molar-refractivity contribution in [2.24, 2.45) is 0 Å².